The maximum absolute atomic E-state index is 12.7. The van der Waals surface area contributed by atoms with Gasteiger partial charge in [0.15, 0.2) is 0 Å². The summed E-state index contributed by atoms with van der Waals surface area (Å²) >= 11 is 0. The summed E-state index contributed by atoms with van der Waals surface area (Å²) in [5.41, 5.74) is 1.30. The van der Waals surface area contributed by atoms with Gasteiger partial charge in [0.25, 0.3) is 0 Å². The number of amides is 4. The zero-order valence-electron chi connectivity index (χ0n) is 18.5. The van der Waals surface area contributed by atoms with Gasteiger partial charge in [0.1, 0.15) is 0 Å². The molecule has 0 heterocycles. The number of carbonyl (C=O) groups excluding carboxylic acids is 3. The first-order chi connectivity index (χ1) is 15.0. The summed E-state index contributed by atoms with van der Waals surface area (Å²) in [5.74, 6) is 0.680. The van der Waals surface area contributed by atoms with Crippen molar-refractivity contribution in [2.24, 2.45) is 11.8 Å². The lowest BCUT2D eigenvalue weighted by atomic mass is 9.84. The largest absolute Gasteiger partial charge is 0.353 e. The van der Waals surface area contributed by atoms with E-state index in [9.17, 15) is 14.4 Å². The number of hydrogen-bond acceptors (Lipinski definition) is 3. The Morgan fingerprint density at radius 1 is 0.903 bits per heavy atom. The van der Waals surface area contributed by atoms with Crippen LogP contribution in [0.5, 0.6) is 0 Å². The van der Waals surface area contributed by atoms with Crippen molar-refractivity contribution in [2.45, 2.75) is 77.2 Å². The molecule has 0 radical (unpaired) electrons. The molecule has 7 heteroatoms. The van der Waals surface area contributed by atoms with E-state index < -0.39 is 0 Å². The van der Waals surface area contributed by atoms with Crippen LogP contribution in [0, 0.1) is 11.8 Å². The van der Waals surface area contributed by atoms with Crippen molar-refractivity contribution in [1.29, 1.82) is 0 Å². The summed E-state index contributed by atoms with van der Waals surface area (Å²) in [5, 5.41) is 11.6. The lowest BCUT2D eigenvalue weighted by molar-refractivity contribution is -0.123. The maximum atomic E-state index is 12.7. The third-order valence-electron chi connectivity index (χ3n) is 6.39. The molecule has 2 aliphatic carbocycles. The highest BCUT2D eigenvalue weighted by Crippen LogP contribution is 2.28. The average Bonchev–Trinajstić information content (AvgIpc) is 2.75. The SMILES string of the molecule is CCNC(=O)Nc1cccc(NC(=O)C2CCC(NC(=O)CC3CCCCC3)CC2)c1. The number of benzene rings is 1. The Morgan fingerprint density at radius 2 is 1.58 bits per heavy atom. The second kappa shape index (κ2) is 11.7. The first kappa shape index (κ1) is 23.1. The molecule has 0 aliphatic heterocycles. The van der Waals surface area contributed by atoms with Gasteiger partial charge in [-0.15, -0.1) is 0 Å². The van der Waals surface area contributed by atoms with Gasteiger partial charge in [-0.05, 0) is 69.6 Å². The molecule has 7 nitrogen and oxygen atoms in total. The molecule has 2 fully saturated rings. The number of urea groups is 1. The lowest BCUT2D eigenvalue weighted by Crippen LogP contribution is -2.40. The minimum absolute atomic E-state index is 0.00198. The molecule has 2 aliphatic rings. The number of anilines is 2. The molecular weight excluding hydrogens is 392 g/mol. The number of nitrogens with one attached hydrogen (secondary N) is 4. The fourth-order valence-electron chi connectivity index (χ4n) is 4.69. The molecule has 0 bridgehead atoms. The average molecular weight is 429 g/mol. The molecule has 31 heavy (non-hydrogen) atoms. The van der Waals surface area contributed by atoms with Crippen LogP contribution in [0.4, 0.5) is 16.2 Å². The smallest absolute Gasteiger partial charge is 0.319 e. The quantitative estimate of drug-likeness (QED) is 0.517. The first-order valence-corrected chi connectivity index (χ1v) is 11.8. The zero-order chi connectivity index (χ0) is 22.1. The Kier molecular flexibility index (Phi) is 8.74. The Morgan fingerprint density at radius 3 is 2.26 bits per heavy atom. The van der Waals surface area contributed by atoms with E-state index >= 15 is 0 Å². The molecule has 4 N–H and O–H groups in total. The monoisotopic (exact) mass is 428 g/mol. The lowest BCUT2D eigenvalue weighted by Gasteiger charge is -2.29. The van der Waals surface area contributed by atoms with Crippen LogP contribution in [0.25, 0.3) is 0 Å². The van der Waals surface area contributed by atoms with Gasteiger partial charge in [-0.2, -0.15) is 0 Å². The molecule has 0 unspecified atom stereocenters. The number of rotatable bonds is 7. The molecule has 0 saturated heterocycles. The van der Waals surface area contributed by atoms with Gasteiger partial charge >= 0.3 is 6.03 Å². The van der Waals surface area contributed by atoms with E-state index in [1.807, 2.05) is 13.0 Å². The third-order valence-corrected chi connectivity index (χ3v) is 6.39. The Balaban J connectivity index is 1.40. The fraction of sp³-hybridized carbons (Fsp3) is 0.625. The van der Waals surface area contributed by atoms with Crippen LogP contribution in [0.1, 0.15) is 71.1 Å². The topological polar surface area (TPSA) is 99.3 Å². The molecular formula is C24H36N4O3. The summed E-state index contributed by atoms with van der Waals surface area (Å²) in [6.07, 6.45) is 10.1. The first-order valence-electron chi connectivity index (χ1n) is 11.8. The van der Waals surface area contributed by atoms with Gasteiger partial charge in [0, 0.05) is 36.3 Å². The highest BCUT2D eigenvalue weighted by atomic mass is 16.2. The molecule has 4 amide bonds. The van der Waals surface area contributed by atoms with Crippen LogP contribution < -0.4 is 21.3 Å². The van der Waals surface area contributed by atoms with Crippen molar-refractivity contribution in [3.63, 3.8) is 0 Å². The molecule has 170 valence electrons. The van der Waals surface area contributed by atoms with Crippen LogP contribution in [-0.2, 0) is 9.59 Å². The number of hydrogen-bond donors (Lipinski definition) is 4. The Labute approximate surface area is 185 Å². The Hall–Kier alpha value is -2.57. The highest BCUT2D eigenvalue weighted by molar-refractivity contribution is 5.94. The van der Waals surface area contributed by atoms with Gasteiger partial charge in [-0.3, -0.25) is 9.59 Å². The summed E-state index contributed by atoms with van der Waals surface area (Å²) in [6, 6.07) is 7.07. The Bertz CT molecular complexity index is 753. The standard InChI is InChI=1S/C24H36N4O3/c1-2-25-24(31)28-21-10-6-9-20(16-21)27-23(30)18-11-13-19(14-12-18)26-22(29)15-17-7-4-3-5-8-17/h6,9-10,16-19H,2-5,7-8,11-15H2,1H3,(H,26,29)(H,27,30)(H2,25,28,31). The minimum Gasteiger partial charge on any atom is -0.353 e. The molecule has 0 spiro atoms. The fourth-order valence-corrected chi connectivity index (χ4v) is 4.69. The maximum Gasteiger partial charge on any atom is 0.319 e. The third kappa shape index (κ3) is 7.56. The van der Waals surface area contributed by atoms with Gasteiger partial charge < -0.3 is 21.3 Å². The molecule has 1 aromatic carbocycles. The van der Waals surface area contributed by atoms with E-state index in [0.29, 0.717) is 30.3 Å². The second-order valence-electron chi connectivity index (χ2n) is 8.88. The molecule has 1 aromatic rings. The summed E-state index contributed by atoms with van der Waals surface area (Å²) in [7, 11) is 0. The van der Waals surface area contributed by atoms with Crippen LogP contribution in [0.15, 0.2) is 24.3 Å². The van der Waals surface area contributed by atoms with E-state index in [0.717, 1.165) is 25.7 Å². The van der Waals surface area contributed by atoms with Gasteiger partial charge in [-0.1, -0.05) is 25.3 Å². The number of carbonyl (C=O) groups is 3. The zero-order valence-corrected chi connectivity index (χ0v) is 18.5. The van der Waals surface area contributed by atoms with E-state index in [2.05, 4.69) is 21.3 Å². The van der Waals surface area contributed by atoms with Crippen LogP contribution in [0.3, 0.4) is 0 Å². The van der Waals surface area contributed by atoms with Gasteiger partial charge in [0.05, 0.1) is 0 Å². The highest BCUT2D eigenvalue weighted by Gasteiger charge is 2.28. The van der Waals surface area contributed by atoms with Crippen LogP contribution >= 0.6 is 0 Å². The predicted molar refractivity (Wildman–Crippen MR) is 123 cm³/mol. The summed E-state index contributed by atoms with van der Waals surface area (Å²) in [6.45, 7) is 2.40. The van der Waals surface area contributed by atoms with Crippen LogP contribution in [-0.4, -0.2) is 30.4 Å². The minimum atomic E-state index is -0.269. The van der Waals surface area contributed by atoms with Gasteiger partial charge in [-0.25, -0.2) is 4.79 Å². The second-order valence-corrected chi connectivity index (χ2v) is 8.88. The summed E-state index contributed by atoms with van der Waals surface area (Å²) in [4.78, 5) is 36.7. The van der Waals surface area contributed by atoms with E-state index in [1.54, 1.807) is 18.2 Å². The normalized spacial score (nSPS) is 21.7. The molecule has 0 atom stereocenters. The predicted octanol–water partition coefficient (Wildman–Crippen LogP) is 4.41. The van der Waals surface area contributed by atoms with Crippen LogP contribution in [0.2, 0.25) is 0 Å². The summed E-state index contributed by atoms with van der Waals surface area (Å²) < 4.78 is 0. The van der Waals surface area contributed by atoms with Crippen molar-refractivity contribution in [2.75, 3.05) is 17.2 Å². The van der Waals surface area contributed by atoms with E-state index in [1.165, 1.54) is 32.1 Å². The molecule has 0 aromatic heterocycles. The van der Waals surface area contributed by atoms with Crippen molar-refractivity contribution < 1.29 is 14.4 Å². The molecule has 3 rings (SSSR count). The van der Waals surface area contributed by atoms with E-state index in [4.69, 9.17) is 0 Å². The molecule has 2 saturated carbocycles. The van der Waals surface area contributed by atoms with Gasteiger partial charge in [0.2, 0.25) is 11.8 Å². The van der Waals surface area contributed by atoms with Crippen molar-refractivity contribution in [1.82, 2.24) is 10.6 Å². The van der Waals surface area contributed by atoms with E-state index in [-0.39, 0.29) is 29.8 Å². The van der Waals surface area contributed by atoms with Crippen molar-refractivity contribution >= 4 is 29.2 Å². The van der Waals surface area contributed by atoms with Crippen molar-refractivity contribution in [3.8, 4) is 0 Å². The van der Waals surface area contributed by atoms with Crippen molar-refractivity contribution in [3.05, 3.63) is 24.3 Å².